The molecule has 2 aromatic heterocycles. The number of anilines is 1. The molecule has 1 fully saturated rings. The van der Waals surface area contributed by atoms with Crippen molar-refractivity contribution in [3.05, 3.63) is 47.4 Å². The predicted octanol–water partition coefficient (Wildman–Crippen LogP) is 3.43. The Kier molecular flexibility index (Phi) is 5.17. The third-order valence-corrected chi connectivity index (χ3v) is 5.82. The molecular weight excluding hydrogens is 406 g/mol. The maximum Gasteiger partial charge on any atom is 0.309 e. The number of carbonyl (C=O) groups is 1. The van der Waals surface area contributed by atoms with Crippen molar-refractivity contribution in [2.45, 2.75) is 45.1 Å². The number of imidazole rings is 1. The Morgan fingerprint density at radius 2 is 2.19 bits per heavy atom. The summed E-state index contributed by atoms with van der Waals surface area (Å²) in [5.41, 5.74) is 7.11. The van der Waals surface area contributed by atoms with Crippen molar-refractivity contribution < 1.29 is 23.4 Å². The lowest BCUT2D eigenvalue weighted by molar-refractivity contribution is -0.144. The van der Waals surface area contributed by atoms with E-state index in [9.17, 15) is 18.7 Å². The molecule has 1 saturated carbocycles. The molecule has 7 nitrogen and oxygen atoms in total. The number of esters is 1. The molecule has 9 heteroatoms. The summed E-state index contributed by atoms with van der Waals surface area (Å²) in [5.74, 6) is -0.376. The molecule has 0 bridgehead atoms. The lowest BCUT2D eigenvalue weighted by Gasteiger charge is -2.23. The molecule has 1 aliphatic carbocycles. The summed E-state index contributed by atoms with van der Waals surface area (Å²) >= 11 is 0. The minimum atomic E-state index is -2.94. The number of rotatable bonds is 6. The topological polar surface area (TPSA) is 103 Å². The average molecular weight is 430 g/mol. The number of nitrogen functional groups attached to an aromatic ring is 1. The van der Waals surface area contributed by atoms with Gasteiger partial charge in [0.15, 0.2) is 11.5 Å². The van der Waals surface area contributed by atoms with E-state index in [1.807, 2.05) is 6.92 Å². The normalized spacial score (nSPS) is 20.1. The number of aromatic nitrogens is 3. The van der Waals surface area contributed by atoms with E-state index in [-0.39, 0.29) is 29.2 Å². The van der Waals surface area contributed by atoms with Gasteiger partial charge < -0.3 is 15.6 Å². The molecule has 1 aliphatic rings. The number of nitrogens with zero attached hydrogens (tertiary/aromatic N) is 3. The van der Waals surface area contributed by atoms with Crippen molar-refractivity contribution in [3.63, 3.8) is 0 Å². The fraction of sp³-hybridized carbons (Fsp3) is 0.409. The molecule has 1 aromatic carbocycles. The van der Waals surface area contributed by atoms with Crippen LogP contribution in [0.25, 0.3) is 16.9 Å². The SMILES string of the molecule is CCOC(=O)C1CC1c1cn2c(-c3cc(C(C)(O)C(F)F)ccc3C)cnc2c(N)n1. The monoisotopic (exact) mass is 430 g/mol. The van der Waals surface area contributed by atoms with Crippen LogP contribution in [-0.4, -0.2) is 38.5 Å². The van der Waals surface area contributed by atoms with Crippen LogP contribution in [0, 0.1) is 12.8 Å². The van der Waals surface area contributed by atoms with Crippen molar-refractivity contribution in [3.8, 4) is 11.3 Å². The minimum Gasteiger partial charge on any atom is -0.466 e. The summed E-state index contributed by atoms with van der Waals surface area (Å²) in [4.78, 5) is 20.8. The first kappa shape index (κ1) is 21.2. The van der Waals surface area contributed by atoms with Gasteiger partial charge in [0.25, 0.3) is 6.43 Å². The van der Waals surface area contributed by atoms with Gasteiger partial charge in [-0.05, 0) is 44.4 Å². The average Bonchev–Trinajstić information content (AvgIpc) is 3.41. The molecule has 0 saturated heterocycles. The minimum absolute atomic E-state index is 0.0898. The second-order valence-electron chi connectivity index (χ2n) is 8.07. The summed E-state index contributed by atoms with van der Waals surface area (Å²) < 4.78 is 33.6. The predicted molar refractivity (Wildman–Crippen MR) is 111 cm³/mol. The van der Waals surface area contributed by atoms with Gasteiger partial charge in [-0.3, -0.25) is 9.20 Å². The molecule has 0 aliphatic heterocycles. The van der Waals surface area contributed by atoms with Crippen molar-refractivity contribution in [1.82, 2.24) is 14.4 Å². The second-order valence-corrected chi connectivity index (χ2v) is 8.07. The number of benzene rings is 1. The van der Waals surface area contributed by atoms with Crippen molar-refractivity contribution in [2.75, 3.05) is 12.3 Å². The van der Waals surface area contributed by atoms with E-state index in [1.54, 1.807) is 35.9 Å². The number of halogens is 2. The van der Waals surface area contributed by atoms with Crippen molar-refractivity contribution >= 4 is 17.4 Å². The Labute approximate surface area is 177 Å². The summed E-state index contributed by atoms with van der Waals surface area (Å²) in [6.07, 6.45) is 1.06. The number of carbonyl (C=O) groups excluding carboxylic acids is 1. The third kappa shape index (κ3) is 3.63. The molecule has 2 heterocycles. The maximum absolute atomic E-state index is 13.4. The lowest BCUT2D eigenvalue weighted by Crippen LogP contribution is -2.30. The van der Waals surface area contributed by atoms with Crippen LogP contribution in [0.4, 0.5) is 14.6 Å². The van der Waals surface area contributed by atoms with Crippen LogP contribution < -0.4 is 5.73 Å². The van der Waals surface area contributed by atoms with E-state index in [1.165, 1.54) is 6.07 Å². The second kappa shape index (κ2) is 7.56. The molecule has 0 amide bonds. The van der Waals surface area contributed by atoms with Crippen LogP contribution in [0.1, 0.15) is 43.0 Å². The van der Waals surface area contributed by atoms with Crippen LogP contribution in [-0.2, 0) is 15.1 Å². The van der Waals surface area contributed by atoms with E-state index < -0.39 is 12.0 Å². The standard InChI is InChI=1S/C22H24F2N4O3/c1-4-31-20(29)15-8-14(15)16-10-28-17(9-26-19(28)18(25)27-16)13-7-12(6-5-11(13)2)22(3,30)21(23)24/h5-7,9-10,14-15,21,30H,4,8H2,1-3H3,(H2,25,27). The maximum atomic E-state index is 13.4. The number of aryl methyl sites for hydroxylation is 1. The summed E-state index contributed by atoms with van der Waals surface area (Å²) in [6.45, 7) is 5.01. The number of fused-ring (bicyclic) bond motifs is 1. The number of aliphatic hydroxyl groups is 1. The Morgan fingerprint density at radius 3 is 2.87 bits per heavy atom. The highest BCUT2D eigenvalue weighted by Crippen LogP contribution is 2.48. The van der Waals surface area contributed by atoms with Crippen LogP contribution in [0.2, 0.25) is 0 Å². The third-order valence-electron chi connectivity index (χ3n) is 5.82. The van der Waals surface area contributed by atoms with E-state index >= 15 is 0 Å². The summed E-state index contributed by atoms with van der Waals surface area (Å²) in [6, 6.07) is 4.72. The number of ether oxygens (including phenoxy) is 1. The van der Waals surface area contributed by atoms with E-state index in [4.69, 9.17) is 10.5 Å². The van der Waals surface area contributed by atoms with E-state index in [0.717, 1.165) is 12.5 Å². The highest BCUT2D eigenvalue weighted by atomic mass is 19.3. The summed E-state index contributed by atoms with van der Waals surface area (Å²) in [7, 11) is 0. The zero-order valence-electron chi connectivity index (χ0n) is 17.5. The van der Waals surface area contributed by atoms with Gasteiger partial charge in [0, 0.05) is 17.7 Å². The van der Waals surface area contributed by atoms with Gasteiger partial charge in [-0.25, -0.2) is 18.7 Å². The van der Waals surface area contributed by atoms with E-state index in [0.29, 0.717) is 35.6 Å². The van der Waals surface area contributed by atoms with Crippen molar-refractivity contribution in [2.24, 2.45) is 5.92 Å². The number of hydrogen-bond donors (Lipinski definition) is 2. The van der Waals surface area contributed by atoms with E-state index in [2.05, 4.69) is 9.97 Å². The Morgan fingerprint density at radius 1 is 1.45 bits per heavy atom. The van der Waals surface area contributed by atoms with Gasteiger partial charge in [0.1, 0.15) is 5.60 Å². The molecule has 3 atom stereocenters. The first-order valence-electron chi connectivity index (χ1n) is 10.1. The van der Waals surface area contributed by atoms with Crippen LogP contribution >= 0.6 is 0 Å². The molecule has 4 rings (SSSR count). The Hall–Kier alpha value is -3.07. The molecular formula is C22H24F2N4O3. The molecule has 31 heavy (non-hydrogen) atoms. The number of nitrogens with two attached hydrogens (primary N) is 1. The smallest absolute Gasteiger partial charge is 0.309 e. The number of alkyl halides is 2. The highest BCUT2D eigenvalue weighted by Gasteiger charge is 2.46. The first-order chi connectivity index (χ1) is 14.6. The highest BCUT2D eigenvalue weighted by molar-refractivity contribution is 5.77. The molecule has 164 valence electrons. The van der Waals surface area contributed by atoms with Gasteiger partial charge in [-0.2, -0.15) is 0 Å². The van der Waals surface area contributed by atoms with Gasteiger partial charge >= 0.3 is 5.97 Å². The zero-order valence-corrected chi connectivity index (χ0v) is 17.5. The molecule has 3 N–H and O–H groups in total. The molecule has 0 radical (unpaired) electrons. The van der Waals surface area contributed by atoms with Crippen LogP contribution in [0.3, 0.4) is 0 Å². The zero-order chi connectivity index (χ0) is 22.5. The quantitative estimate of drug-likeness (QED) is 0.581. The Bertz CT molecular complexity index is 1160. The van der Waals surface area contributed by atoms with Crippen molar-refractivity contribution in [1.29, 1.82) is 0 Å². The van der Waals surface area contributed by atoms with Gasteiger partial charge in [0.05, 0.1) is 30.1 Å². The van der Waals surface area contributed by atoms with Crippen LogP contribution in [0.5, 0.6) is 0 Å². The largest absolute Gasteiger partial charge is 0.466 e. The van der Waals surface area contributed by atoms with Crippen LogP contribution in [0.15, 0.2) is 30.6 Å². The first-order valence-corrected chi connectivity index (χ1v) is 10.1. The molecule has 0 spiro atoms. The van der Waals surface area contributed by atoms with Gasteiger partial charge in [-0.1, -0.05) is 12.1 Å². The molecule has 3 aromatic rings. The fourth-order valence-corrected chi connectivity index (χ4v) is 3.78. The molecule has 3 unspecified atom stereocenters. The number of hydrogen-bond acceptors (Lipinski definition) is 6. The summed E-state index contributed by atoms with van der Waals surface area (Å²) in [5, 5.41) is 10.2. The fourth-order valence-electron chi connectivity index (χ4n) is 3.78. The van der Waals surface area contributed by atoms with Gasteiger partial charge in [0.2, 0.25) is 0 Å². The Balaban J connectivity index is 1.78. The van der Waals surface area contributed by atoms with Gasteiger partial charge in [-0.15, -0.1) is 0 Å². The lowest BCUT2D eigenvalue weighted by atomic mass is 9.92.